The third-order valence-corrected chi connectivity index (χ3v) is 4.41. The predicted octanol–water partition coefficient (Wildman–Crippen LogP) is 3.28. The van der Waals surface area contributed by atoms with E-state index < -0.39 is 9.84 Å². The van der Waals surface area contributed by atoms with Gasteiger partial charge >= 0.3 is 0 Å². The fourth-order valence-corrected chi connectivity index (χ4v) is 3.34. The molecule has 2 rings (SSSR count). The summed E-state index contributed by atoms with van der Waals surface area (Å²) in [6, 6.07) is 12.6. The first-order chi connectivity index (χ1) is 9.84. The van der Waals surface area contributed by atoms with E-state index in [1.54, 1.807) is 19.1 Å². The van der Waals surface area contributed by atoms with E-state index in [-0.39, 0.29) is 11.5 Å². The summed E-state index contributed by atoms with van der Waals surface area (Å²) < 4.78 is 24.0. The second kappa shape index (κ2) is 5.84. The van der Waals surface area contributed by atoms with Crippen molar-refractivity contribution in [1.82, 2.24) is 0 Å². The molecule has 0 saturated carbocycles. The number of sulfone groups is 1. The van der Waals surface area contributed by atoms with E-state index in [4.69, 9.17) is 0 Å². The van der Waals surface area contributed by atoms with Gasteiger partial charge in [0.1, 0.15) is 0 Å². The highest BCUT2D eigenvalue weighted by Gasteiger charge is 2.17. The Morgan fingerprint density at radius 2 is 1.86 bits per heavy atom. The maximum atomic E-state index is 12.0. The minimum atomic E-state index is -3.33. The van der Waals surface area contributed by atoms with E-state index in [9.17, 15) is 13.5 Å². The molecule has 0 aliphatic heterocycles. The van der Waals surface area contributed by atoms with E-state index in [1.165, 1.54) is 6.26 Å². The number of hydrogen-bond donors (Lipinski definition) is 1. The first kappa shape index (κ1) is 15.5. The van der Waals surface area contributed by atoms with Gasteiger partial charge in [0.2, 0.25) is 0 Å². The van der Waals surface area contributed by atoms with Gasteiger partial charge in [-0.1, -0.05) is 36.9 Å². The summed E-state index contributed by atoms with van der Waals surface area (Å²) in [4.78, 5) is 0.280. The van der Waals surface area contributed by atoms with Gasteiger partial charge in [-0.15, -0.1) is 0 Å². The van der Waals surface area contributed by atoms with Crippen LogP contribution in [0.3, 0.4) is 0 Å². The number of allylic oxidation sites excluding steroid dienone is 1. The Hall–Kier alpha value is -1.91. The zero-order chi connectivity index (χ0) is 15.6. The Balaban J connectivity index is 2.77. The molecule has 110 valence electrons. The smallest absolute Gasteiger partial charge is 0.176 e. The summed E-state index contributed by atoms with van der Waals surface area (Å²) in [6.07, 6.45) is 1.20. The first-order valence-corrected chi connectivity index (χ1v) is 8.43. The fraction of sp³-hybridized carbons (Fsp3) is 0.176. The van der Waals surface area contributed by atoms with Crippen molar-refractivity contribution in [2.24, 2.45) is 0 Å². The Bertz CT molecular complexity index is 789. The van der Waals surface area contributed by atoms with Gasteiger partial charge in [-0.05, 0) is 41.3 Å². The molecule has 0 fully saturated rings. The van der Waals surface area contributed by atoms with Crippen LogP contribution >= 0.6 is 0 Å². The molecule has 0 unspecified atom stereocenters. The normalized spacial score (nSPS) is 11.4. The number of benzene rings is 2. The third-order valence-electron chi connectivity index (χ3n) is 3.27. The quantitative estimate of drug-likeness (QED) is 0.943. The first-order valence-electron chi connectivity index (χ1n) is 6.53. The second-order valence-electron chi connectivity index (χ2n) is 5.09. The van der Waals surface area contributed by atoms with E-state index in [0.29, 0.717) is 11.1 Å². The summed E-state index contributed by atoms with van der Waals surface area (Å²) in [5.41, 5.74) is 3.78. The van der Waals surface area contributed by atoms with Crippen LogP contribution in [-0.2, 0) is 16.4 Å². The van der Waals surface area contributed by atoms with Crippen LogP contribution in [0.4, 0.5) is 0 Å². The highest BCUT2D eigenvalue weighted by atomic mass is 32.2. The fourth-order valence-electron chi connectivity index (χ4n) is 2.36. The number of aliphatic hydroxyl groups is 1. The number of rotatable bonds is 4. The number of hydrogen-bond acceptors (Lipinski definition) is 3. The van der Waals surface area contributed by atoms with Crippen LogP contribution in [-0.4, -0.2) is 19.8 Å². The van der Waals surface area contributed by atoms with Gasteiger partial charge in [0, 0.05) is 11.8 Å². The molecule has 0 aromatic heterocycles. The van der Waals surface area contributed by atoms with Crippen LogP contribution in [0.5, 0.6) is 0 Å². The molecule has 2 aromatic carbocycles. The molecule has 0 amide bonds. The van der Waals surface area contributed by atoms with Gasteiger partial charge in [-0.2, -0.15) is 0 Å². The summed E-state index contributed by atoms with van der Waals surface area (Å²) >= 11 is 0. The molecule has 3 nitrogen and oxygen atoms in total. The maximum absolute atomic E-state index is 12.0. The molecule has 0 atom stereocenters. The number of aliphatic hydroxyl groups excluding tert-OH is 1. The van der Waals surface area contributed by atoms with E-state index in [2.05, 4.69) is 6.58 Å². The largest absolute Gasteiger partial charge is 0.392 e. The highest BCUT2D eigenvalue weighted by Crippen LogP contribution is 2.33. The van der Waals surface area contributed by atoms with Crippen molar-refractivity contribution in [1.29, 1.82) is 0 Å². The van der Waals surface area contributed by atoms with Crippen LogP contribution in [0.2, 0.25) is 0 Å². The molecule has 0 saturated heterocycles. The van der Waals surface area contributed by atoms with Crippen molar-refractivity contribution in [3.63, 3.8) is 0 Å². The Morgan fingerprint density at radius 3 is 2.43 bits per heavy atom. The minimum absolute atomic E-state index is 0.0536. The van der Waals surface area contributed by atoms with Gasteiger partial charge < -0.3 is 5.11 Å². The molecule has 0 radical (unpaired) electrons. The lowest BCUT2D eigenvalue weighted by Crippen LogP contribution is -2.03. The van der Waals surface area contributed by atoms with Crippen molar-refractivity contribution >= 4 is 15.4 Å². The molecular formula is C17H18O3S. The average Bonchev–Trinajstić information content (AvgIpc) is 2.45. The monoisotopic (exact) mass is 302 g/mol. The Morgan fingerprint density at radius 1 is 1.19 bits per heavy atom. The Kier molecular flexibility index (Phi) is 4.30. The SMILES string of the molecule is C=C(C)c1c(-c2cccc(CO)c2)cccc1S(C)(=O)=O. The summed E-state index contributed by atoms with van der Waals surface area (Å²) in [5, 5.41) is 9.26. The van der Waals surface area contributed by atoms with Crippen LogP contribution in [0.25, 0.3) is 16.7 Å². The zero-order valence-electron chi connectivity index (χ0n) is 12.1. The minimum Gasteiger partial charge on any atom is -0.392 e. The van der Waals surface area contributed by atoms with Gasteiger partial charge in [0.05, 0.1) is 11.5 Å². The van der Waals surface area contributed by atoms with E-state index in [0.717, 1.165) is 16.7 Å². The molecule has 0 heterocycles. The topological polar surface area (TPSA) is 54.4 Å². The van der Waals surface area contributed by atoms with Crippen LogP contribution in [0, 0.1) is 0 Å². The molecular weight excluding hydrogens is 284 g/mol. The lowest BCUT2D eigenvalue weighted by Gasteiger charge is -2.14. The van der Waals surface area contributed by atoms with Crippen molar-refractivity contribution in [3.05, 3.63) is 60.2 Å². The summed E-state index contributed by atoms with van der Waals surface area (Å²) in [7, 11) is -3.33. The average molecular weight is 302 g/mol. The molecule has 0 bridgehead atoms. The molecule has 0 spiro atoms. The van der Waals surface area contributed by atoms with Crippen LogP contribution in [0.1, 0.15) is 18.1 Å². The zero-order valence-corrected chi connectivity index (χ0v) is 12.9. The van der Waals surface area contributed by atoms with Crippen molar-refractivity contribution in [3.8, 4) is 11.1 Å². The van der Waals surface area contributed by atoms with Gasteiger partial charge in [0.15, 0.2) is 9.84 Å². The lowest BCUT2D eigenvalue weighted by atomic mass is 9.95. The van der Waals surface area contributed by atoms with Gasteiger partial charge in [0.25, 0.3) is 0 Å². The molecule has 1 N–H and O–H groups in total. The van der Waals surface area contributed by atoms with Crippen LogP contribution < -0.4 is 0 Å². The van der Waals surface area contributed by atoms with Gasteiger partial charge in [-0.3, -0.25) is 0 Å². The van der Waals surface area contributed by atoms with Crippen LogP contribution in [0.15, 0.2) is 53.9 Å². The standard InChI is InChI=1S/C17H18O3S/c1-12(2)17-15(8-5-9-16(17)21(3,19)20)14-7-4-6-13(10-14)11-18/h4-10,18H,1,11H2,2-3H3. The van der Waals surface area contributed by atoms with Crippen molar-refractivity contribution in [2.45, 2.75) is 18.4 Å². The Labute approximate surface area is 125 Å². The maximum Gasteiger partial charge on any atom is 0.176 e. The van der Waals surface area contributed by atoms with Gasteiger partial charge in [-0.25, -0.2) is 8.42 Å². The van der Waals surface area contributed by atoms with E-state index >= 15 is 0 Å². The highest BCUT2D eigenvalue weighted by molar-refractivity contribution is 7.90. The molecule has 21 heavy (non-hydrogen) atoms. The molecule has 0 aliphatic carbocycles. The summed E-state index contributed by atoms with van der Waals surface area (Å²) in [5.74, 6) is 0. The third kappa shape index (κ3) is 3.23. The van der Waals surface area contributed by atoms with E-state index in [1.807, 2.05) is 30.3 Å². The molecule has 2 aromatic rings. The second-order valence-corrected chi connectivity index (χ2v) is 7.07. The molecule has 4 heteroatoms. The van der Waals surface area contributed by atoms with Crippen molar-refractivity contribution < 1.29 is 13.5 Å². The molecule has 0 aliphatic rings. The predicted molar refractivity (Wildman–Crippen MR) is 85.6 cm³/mol. The van der Waals surface area contributed by atoms with Crippen molar-refractivity contribution in [2.75, 3.05) is 6.26 Å². The summed E-state index contributed by atoms with van der Waals surface area (Å²) in [6.45, 7) is 5.66. The lowest BCUT2D eigenvalue weighted by molar-refractivity contribution is 0.282.